The summed E-state index contributed by atoms with van der Waals surface area (Å²) in [5, 5.41) is 37.7. The van der Waals surface area contributed by atoms with Gasteiger partial charge in [0.05, 0.1) is 13.2 Å². The van der Waals surface area contributed by atoms with Crippen molar-refractivity contribution in [2.45, 2.75) is 219 Å². The van der Waals surface area contributed by atoms with Crippen LogP contribution in [0.15, 0.2) is 48.5 Å². The number of nitrogens with one attached hydrogen (secondary N) is 4. The summed E-state index contributed by atoms with van der Waals surface area (Å²) in [7, 11) is 0. The van der Waals surface area contributed by atoms with Crippen molar-refractivity contribution in [1.29, 1.82) is 0 Å². The predicted octanol–water partition coefficient (Wildman–Crippen LogP) is 11.6. The van der Waals surface area contributed by atoms with Crippen LogP contribution in [-0.2, 0) is 47.3 Å². The SMILES string of the molecule is CC(C)(C)c1cc2c(O)c(c1)Cc1cc(C(C)(C)C)cc(c1OCCCNC(=O)N[C@H]1CCCC[C@@H]1N)Cc1cc(C(C)(C)C)cc(c1O)Cc1cc(C(C)(C)C)cc(c1OCCCNC(=O)N[C@H]1CCCC[C@@H]1N)C2. The molecular weight excluding hydrogens is 949 g/mol. The highest BCUT2D eigenvalue weighted by molar-refractivity contribution is 5.74. The van der Waals surface area contributed by atoms with Crippen molar-refractivity contribution < 1.29 is 29.3 Å². The molecule has 3 aliphatic rings. The van der Waals surface area contributed by atoms with Gasteiger partial charge in [-0.2, -0.15) is 0 Å². The Labute approximate surface area is 455 Å². The Hall–Kier alpha value is -5.46. The number of hydrogen-bond acceptors (Lipinski definition) is 8. The molecular formula is C64H94N6O6. The zero-order valence-corrected chi connectivity index (χ0v) is 48.3. The standard InChI is InChI=1S/C64H94N6O6/c1-61(2,3)47-31-39-27-43-35-49(63(7,8)9)37-45(57(43)75-25-17-23-67-59(73)69-53-21-15-13-19-51(53)65)29-41-33-48(62(4,5)6)34-42(56(41)72)30-46-38-50(64(10,11)12)36-44(28-40(32-47)55(39)71)58(46)76-26-18-24-68-60(74)70-54-22-16-14-20-52(54)66/h31-38,51-54,71-72H,13-30,65-66H2,1-12H3,(H2,67,69,73)(H2,68,70,74)/t51-,52-,53-,54-/m0/s1. The van der Waals surface area contributed by atoms with Crippen molar-refractivity contribution in [3.05, 3.63) is 115 Å². The Kier molecular flexibility index (Phi) is 18.4. The normalized spacial score (nSPS) is 19.3. The Balaban J connectivity index is 1.32. The molecule has 2 saturated carbocycles. The molecule has 416 valence electrons. The molecule has 4 atom stereocenters. The number of carbonyl (C=O) groups is 2. The number of ether oxygens (including phenoxy) is 2. The quantitative estimate of drug-likeness (QED) is 0.0566. The summed E-state index contributed by atoms with van der Waals surface area (Å²) in [6.07, 6.45) is 10.6. The van der Waals surface area contributed by atoms with Gasteiger partial charge in [-0.05, 0) is 127 Å². The van der Waals surface area contributed by atoms with Gasteiger partial charge in [0, 0.05) is 62.9 Å². The number of rotatable bonds is 12. The molecule has 0 aliphatic heterocycles. The van der Waals surface area contributed by atoms with Crippen LogP contribution < -0.4 is 42.2 Å². The van der Waals surface area contributed by atoms with Crippen LogP contribution in [0, 0.1) is 0 Å². The maximum absolute atomic E-state index is 13.0. The molecule has 0 radical (unpaired) electrons. The van der Waals surface area contributed by atoms with Gasteiger partial charge in [-0.25, -0.2) is 9.59 Å². The van der Waals surface area contributed by atoms with Gasteiger partial charge in [-0.1, -0.05) is 157 Å². The molecule has 8 bridgehead atoms. The van der Waals surface area contributed by atoms with Gasteiger partial charge in [0.15, 0.2) is 0 Å². The minimum Gasteiger partial charge on any atom is -0.507 e. The number of phenolic OH excluding ortho intramolecular Hbond substituents is 2. The molecule has 3 aliphatic carbocycles. The smallest absolute Gasteiger partial charge is 0.315 e. The van der Waals surface area contributed by atoms with E-state index in [1.165, 1.54) is 0 Å². The number of urea groups is 2. The number of aromatic hydroxyl groups is 2. The average molecular weight is 1040 g/mol. The summed E-state index contributed by atoms with van der Waals surface area (Å²) < 4.78 is 13.9. The predicted molar refractivity (Wildman–Crippen MR) is 309 cm³/mol. The van der Waals surface area contributed by atoms with E-state index in [4.69, 9.17) is 20.9 Å². The second-order valence-electron chi connectivity index (χ2n) is 26.6. The molecule has 10 N–H and O–H groups in total. The summed E-state index contributed by atoms with van der Waals surface area (Å²) in [5.41, 5.74) is 23.1. The molecule has 2 fully saturated rings. The van der Waals surface area contributed by atoms with Crippen LogP contribution >= 0.6 is 0 Å². The lowest BCUT2D eigenvalue weighted by atomic mass is 9.79. The largest absolute Gasteiger partial charge is 0.507 e. The van der Waals surface area contributed by atoms with Crippen molar-refractivity contribution in [3.63, 3.8) is 0 Å². The van der Waals surface area contributed by atoms with Crippen LogP contribution in [0.3, 0.4) is 0 Å². The van der Waals surface area contributed by atoms with Crippen LogP contribution in [0.5, 0.6) is 23.0 Å². The van der Waals surface area contributed by atoms with Crippen molar-refractivity contribution in [2.24, 2.45) is 11.5 Å². The van der Waals surface area contributed by atoms with E-state index in [2.05, 4.69) is 153 Å². The van der Waals surface area contributed by atoms with Gasteiger partial charge in [0.2, 0.25) is 0 Å². The lowest BCUT2D eigenvalue weighted by molar-refractivity contribution is 0.226. The zero-order valence-electron chi connectivity index (χ0n) is 48.3. The van der Waals surface area contributed by atoms with E-state index in [9.17, 15) is 19.8 Å². The fraction of sp³-hybridized carbons (Fsp3) is 0.594. The molecule has 4 amide bonds. The molecule has 7 rings (SSSR count). The first kappa shape index (κ1) is 58.2. The third-order valence-corrected chi connectivity index (χ3v) is 16.0. The van der Waals surface area contributed by atoms with Gasteiger partial charge >= 0.3 is 12.1 Å². The average Bonchev–Trinajstić information content (AvgIpc) is 3.32. The molecule has 0 heterocycles. The van der Waals surface area contributed by atoms with E-state index >= 15 is 0 Å². The third kappa shape index (κ3) is 15.0. The molecule has 76 heavy (non-hydrogen) atoms. The third-order valence-electron chi connectivity index (χ3n) is 16.0. The van der Waals surface area contributed by atoms with Crippen molar-refractivity contribution in [3.8, 4) is 23.0 Å². The Morgan fingerprint density at radius 1 is 0.461 bits per heavy atom. The Bertz CT molecular complexity index is 2410. The van der Waals surface area contributed by atoms with E-state index in [0.717, 1.165) is 130 Å². The van der Waals surface area contributed by atoms with Crippen LogP contribution in [0.2, 0.25) is 0 Å². The van der Waals surface area contributed by atoms with E-state index in [1.807, 2.05) is 0 Å². The molecule has 0 unspecified atom stereocenters. The highest BCUT2D eigenvalue weighted by Gasteiger charge is 2.30. The fourth-order valence-corrected chi connectivity index (χ4v) is 11.0. The van der Waals surface area contributed by atoms with Crippen molar-refractivity contribution in [1.82, 2.24) is 21.3 Å². The molecule has 0 aromatic heterocycles. The van der Waals surface area contributed by atoms with Crippen LogP contribution in [0.1, 0.15) is 214 Å². The highest BCUT2D eigenvalue weighted by Crippen LogP contribution is 2.44. The maximum atomic E-state index is 13.0. The number of fused-ring (bicyclic) bond motifs is 8. The molecule has 12 heteroatoms. The van der Waals surface area contributed by atoms with Crippen LogP contribution in [0.25, 0.3) is 0 Å². The Morgan fingerprint density at radius 3 is 0.987 bits per heavy atom. The maximum Gasteiger partial charge on any atom is 0.315 e. The number of nitrogens with two attached hydrogens (primary N) is 2. The molecule has 0 spiro atoms. The first-order valence-electron chi connectivity index (χ1n) is 28.5. The number of carbonyl (C=O) groups excluding carboxylic acids is 2. The number of benzene rings is 4. The summed E-state index contributed by atoms with van der Waals surface area (Å²) in [6.45, 7) is 28.0. The van der Waals surface area contributed by atoms with E-state index in [0.29, 0.717) is 64.8 Å². The summed E-state index contributed by atoms with van der Waals surface area (Å²) in [6, 6.07) is 17.0. The molecule has 4 aromatic carbocycles. The summed E-state index contributed by atoms with van der Waals surface area (Å²) in [5.74, 6) is 1.92. The van der Waals surface area contributed by atoms with E-state index < -0.39 is 0 Å². The lowest BCUT2D eigenvalue weighted by Crippen LogP contribution is -2.52. The first-order chi connectivity index (χ1) is 35.6. The van der Waals surface area contributed by atoms with Crippen molar-refractivity contribution in [2.75, 3.05) is 26.3 Å². The highest BCUT2D eigenvalue weighted by atomic mass is 16.5. The molecule has 0 saturated heterocycles. The van der Waals surface area contributed by atoms with E-state index in [-0.39, 0.29) is 69.4 Å². The zero-order chi connectivity index (χ0) is 55.3. The minimum atomic E-state index is -0.249. The number of phenols is 2. The molecule has 12 nitrogen and oxygen atoms in total. The summed E-state index contributed by atoms with van der Waals surface area (Å²) in [4.78, 5) is 26.0. The van der Waals surface area contributed by atoms with Gasteiger partial charge < -0.3 is 52.4 Å². The van der Waals surface area contributed by atoms with Crippen molar-refractivity contribution >= 4 is 12.1 Å². The Morgan fingerprint density at radius 2 is 0.724 bits per heavy atom. The van der Waals surface area contributed by atoms with Gasteiger partial charge in [0.25, 0.3) is 0 Å². The second-order valence-corrected chi connectivity index (χ2v) is 26.6. The van der Waals surface area contributed by atoms with Gasteiger partial charge in [0.1, 0.15) is 23.0 Å². The first-order valence-corrected chi connectivity index (χ1v) is 28.5. The topological polar surface area (TPSA) is 193 Å². The molecule has 4 aromatic rings. The van der Waals surface area contributed by atoms with E-state index in [1.54, 1.807) is 0 Å². The van der Waals surface area contributed by atoms with Gasteiger partial charge in [-0.3, -0.25) is 0 Å². The number of amides is 4. The van der Waals surface area contributed by atoms with Crippen LogP contribution in [0.4, 0.5) is 9.59 Å². The van der Waals surface area contributed by atoms with Crippen LogP contribution in [-0.4, -0.2) is 72.7 Å². The summed E-state index contributed by atoms with van der Waals surface area (Å²) >= 11 is 0. The fourth-order valence-electron chi connectivity index (χ4n) is 11.0. The second kappa shape index (κ2) is 24.1. The lowest BCUT2D eigenvalue weighted by Gasteiger charge is -2.29. The minimum absolute atomic E-state index is 0.0278. The van der Waals surface area contributed by atoms with Gasteiger partial charge in [-0.15, -0.1) is 0 Å². The number of hydrogen-bond donors (Lipinski definition) is 8. The monoisotopic (exact) mass is 1040 g/mol.